The second-order valence-corrected chi connectivity index (χ2v) is 13.3. The lowest BCUT2D eigenvalue weighted by Crippen LogP contribution is -2.26. The number of fused-ring (bicyclic) bond motifs is 2. The highest BCUT2D eigenvalue weighted by Gasteiger charge is 2.35. The SMILES string of the molecule is CCCC(C)CCCc1ccc(CCC2=CCC=C3C=CC(=O)C(C4CCCc5ccccc54)CC3CCC2)cc1. The van der Waals surface area contributed by atoms with E-state index in [2.05, 4.69) is 80.6 Å². The summed E-state index contributed by atoms with van der Waals surface area (Å²) < 4.78 is 0. The minimum Gasteiger partial charge on any atom is -0.295 e. The predicted octanol–water partition coefficient (Wildman–Crippen LogP) is 10.7. The number of aryl methyl sites for hydroxylation is 3. The van der Waals surface area contributed by atoms with Crippen LogP contribution < -0.4 is 0 Å². The Balaban J connectivity index is 1.15. The molecular weight excluding hydrogens is 496 g/mol. The van der Waals surface area contributed by atoms with Crippen LogP contribution in [0, 0.1) is 17.8 Å². The Morgan fingerprint density at radius 2 is 1.59 bits per heavy atom. The van der Waals surface area contributed by atoms with Gasteiger partial charge in [-0.2, -0.15) is 0 Å². The van der Waals surface area contributed by atoms with E-state index in [4.69, 9.17) is 0 Å². The normalized spacial score (nSPS) is 23.7. The van der Waals surface area contributed by atoms with E-state index >= 15 is 0 Å². The van der Waals surface area contributed by atoms with Crippen molar-refractivity contribution in [2.24, 2.45) is 17.8 Å². The van der Waals surface area contributed by atoms with Crippen LogP contribution in [-0.2, 0) is 24.1 Å². The minimum absolute atomic E-state index is 0.125. The monoisotopic (exact) mass is 548 g/mol. The minimum atomic E-state index is 0.125. The fourth-order valence-corrected chi connectivity index (χ4v) is 7.82. The standard InChI is InChI=1S/C40H52O/c1-3-10-30(2)11-6-12-32-22-25-33(26-23-32)24-21-31-13-7-16-34-27-28-40(41)39(29-36(34)18-8-14-31)38-20-9-17-35-15-4-5-19-37(35)38/h4-5,13,15-16,19,22-23,25-28,30,36,38-39H,3,6-12,14,17-18,20-21,24,29H2,1-2H3. The molecule has 1 nitrogen and oxygen atoms in total. The molecule has 0 radical (unpaired) electrons. The molecule has 218 valence electrons. The Hall–Kier alpha value is -2.67. The van der Waals surface area contributed by atoms with Crippen molar-refractivity contribution < 1.29 is 4.79 Å². The van der Waals surface area contributed by atoms with Gasteiger partial charge in [-0.3, -0.25) is 4.79 Å². The number of carbonyl (C=O) groups excluding carboxylic acids is 1. The maximum Gasteiger partial charge on any atom is 0.159 e. The van der Waals surface area contributed by atoms with Gasteiger partial charge in [-0.05, 0) is 129 Å². The average Bonchev–Trinajstić information content (AvgIpc) is 3.07. The molecule has 1 heteroatoms. The van der Waals surface area contributed by atoms with Crippen molar-refractivity contribution in [2.45, 2.75) is 116 Å². The van der Waals surface area contributed by atoms with Gasteiger partial charge in [0.2, 0.25) is 0 Å². The van der Waals surface area contributed by atoms with E-state index in [9.17, 15) is 4.79 Å². The topological polar surface area (TPSA) is 17.1 Å². The molecule has 0 aromatic heterocycles. The Morgan fingerprint density at radius 1 is 0.805 bits per heavy atom. The number of hydrogen-bond acceptors (Lipinski definition) is 1. The maximum atomic E-state index is 13.4. The maximum absolute atomic E-state index is 13.4. The highest BCUT2D eigenvalue weighted by molar-refractivity contribution is 5.93. The van der Waals surface area contributed by atoms with E-state index in [1.54, 1.807) is 5.57 Å². The van der Waals surface area contributed by atoms with Crippen LogP contribution in [-0.4, -0.2) is 5.78 Å². The third-order valence-electron chi connectivity index (χ3n) is 10.2. The van der Waals surface area contributed by atoms with Gasteiger partial charge in [-0.1, -0.05) is 105 Å². The number of allylic oxidation sites excluding steroid dienone is 6. The first kappa shape index (κ1) is 29.8. The summed E-state index contributed by atoms with van der Waals surface area (Å²) in [5.74, 6) is 2.22. The number of carbonyl (C=O) groups is 1. The number of benzene rings is 2. The molecule has 0 saturated heterocycles. The van der Waals surface area contributed by atoms with E-state index in [0.29, 0.717) is 17.6 Å². The van der Waals surface area contributed by atoms with Crippen molar-refractivity contribution in [3.8, 4) is 0 Å². The third kappa shape index (κ3) is 8.21. The lowest BCUT2D eigenvalue weighted by molar-refractivity contribution is -0.119. The largest absolute Gasteiger partial charge is 0.295 e. The first-order valence-electron chi connectivity index (χ1n) is 16.9. The van der Waals surface area contributed by atoms with Crippen LogP contribution >= 0.6 is 0 Å². The summed E-state index contributed by atoms with van der Waals surface area (Å²) in [6, 6.07) is 18.4. The van der Waals surface area contributed by atoms with Crippen molar-refractivity contribution >= 4 is 5.78 Å². The molecule has 2 aromatic rings. The summed E-state index contributed by atoms with van der Waals surface area (Å²) in [5, 5.41) is 0. The molecule has 0 amide bonds. The van der Waals surface area contributed by atoms with Gasteiger partial charge in [0.1, 0.15) is 0 Å². The third-order valence-corrected chi connectivity index (χ3v) is 10.2. The van der Waals surface area contributed by atoms with Crippen LogP contribution in [0.2, 0.25) is 0 Å². The van der Waals surface area contributed by atoms with E-state index < -0.39 is 0 Å². The zero-order chi connectivity index (χ0) is 28.4. The molecule has 2 aromatic carbocycles. The van der Waals surface area contributed by atoms with Gasteiger partial charge in [-0.25, -0.2) is 0 Å². The molecule has 0 N–H and O–H groups in total. The summed E-state index contributed by atoms with van der Waals surface area (Å²) in [6.07, 6.45) is 27.0. The van der Waals surface area contributed by atoms with Crippen molar-refractivity contribution in [3.05, 3.63) is 106 Å². The first-order chi connectivity index (χ1) is 20.1. The molecule has 0 bridgehead atoms. The molecule has 5 rings (SSSR count). The predicted molar refractivity (Wildman–Crippen MR) is 174 cm³/mol. The molecule has 0 aliphatic heterocycles. The van der Waals surface area contributed by atoms with Gasteiger partial charge in [0.05, 0.1) is 0 Å². The fraction of sp³-hybridized carbons (Fsp3) is 0.525. The highest BCUT2D eigenvalue weighted by Crippen LogP contribution is 2.43. The molecule has 4 atom stereocenters. The highest BCUT2D eigenvalue weighted by atomic mass is 16.1. The van der Waals surface area contributed by atoms with Crippen molar-refractivity contribution in [1.82, 2.24) is 0 Å². The lowest BCUT2D eigenvalue weighted by Gasteiger charge is -2.32. The van der Waals surface area contributed by atoms with Crippen LogP contribution in [0.5, 0.6) is 0 Å². The Kier molecular flexibility index (Phi) is 10.9. The molecular formula is C40H52O. The molecule has 4 unspecified atom stereocenters. The molecule has 0 saturated carbocycles. The van der Waals surface area contributed by atoms with Gasteiger partial charge in [0, 0.05) is 5.92 Å². The van der Waals surface area contributed by atoms with Crippen LogP contribution in [0.4, 0.5) is 0 Å². The second kappa shape index (κ2) is 15.0. The first-order valence-corrected chi connectivity index (χ1v) is 16.9. The summed E-state index contributed by atoms with van der Waals surface area (Å²) >= 11 is 0. The fourth-order valence-electron chi connectivity index (χ4n) is 7.82. The summed E-state index contributed by atoms with van der Waals surface area (Å²) in [7, 11) is 0. The molecule has 0 heterocycles. The van der Waals surface area contributed by atoms with Gasteiger partial charge in [0.25, 0.3) is 0 Å². The molecule has 3 aliphatic rings. The Morgan fingerprint density at radius 3 is 2.41 bits per heavy atom. The van der Waals surface area contributed by atoms with E-state index in [1.165, 1.54) is 85.6 Å². The molecule has 0 spiro atoms. The lowest BCUT2D eigenvalue weighted by atomic mass is 9.71. The molecule has 3 aliphatic carbocycles. The van der Waals surface area contributed by atoms with Gasteiger partial charge in [-0.15, -0.1) is 0 Å². The zero-order valence-electron chi connectivity index (χ0n) is 25.8. The van der Waals surface area contributed by atoms with E-state index in [-0.39, 0.29) is 5.92 Å². The van der Waals surface area contributed by atoms with Gasteiger partial charge in [0.15, 0.2) is 5.78 Å². The number of hydrogen-bond donors (Lipinski definition) is 0. The number of rotatable bonds is 10. The summed E-state index contributed by atoms with van der Waals surface area (Å²) in [6.45, 7) is 4.69. The molecule has 0 fully saturated rings. The zero-order valence-corrected chi connectivity index (χ0v) is 25.8. The van der Waals surface area contributed by atoms with Gasteiger partial charge >= 0.3 is 0 Å². The smallest absolute Gasteiger partial charge is 0.159 e. The Bertz CT molecular complexity index is 1230. The second-order valence-electron chi connectivity index (χ2n) is 13.3. The summed E-state index contributed by atoms with van der Waals surface area (Å²) in [5.41, 5.74) is 8.89. The van der Waals surface area contributed by atoms with Crippen molar-refractivity contribution in [1.29, 1.82) is 0 Å². The van der Waals surface area contributed by atoms with Crippen LogP contribution in [0.1, 0.15) is 119 Å². The quantitative estimate of drug-likeness (QED) is 0.270. The summed E-state index contributed by atoms with van der Waals surface area (Å²) in [4.78, 5) is 13.4. The van der Waals surface area contributed by atoms with Crippen LogP contribution in [0.25, 0.3) is 0 Å². The number of ketones is 1. The van der Waals surface area contributed by atoms with Crippen LogP contribution in [0.3, 0.4) is 0 Å². The Labute approximate surface area is 250 Å². The van der Waals surface area contributed by atoms with Crippen LogP contribution in [0.15, 0.2) is 84.0 Å². The van der Waals surface area contributed by atoms with E-state index in [0.717, 1.165) is 44.4 Å². The molecule has 41 heavy (non-hydrogen) atoms. The van der Waals surface area contributed by atoms with Crippen molar-refractivity contribution in [3.63, 3.8) is 0 Å². The van der Waals surface area contributed by atoms with Gasteiger partial charge < -0.3 is 0 Å². The van der Waals surface area contributed by atoms with Crippen molar-refractivity contribution in [2.75, 3.05) is 0 Å². The average molecular weight is 549 g/mol. The van der Waals surface area contributed by atoms with E-state index in [1.807, 2.05) is 6.08 Å².